The van der Waals surface area contributed by atoms with Crippen molar-refractivity contribution >= 4 is 33.6 Å². The molecule has 0 aliphatic carbocycles. The van der Waals surface area contributed by atoms with Gasteiger partial charge in [0.2, 0.25) is 5.91 Å². The van der Waals surface area contributed by atoms with Crippen LogP contribution in [0, 0.1) is 0 Å². The maximum absolute atomic E-state index is 12.9. The molecule has 1 aromatic carbocycles. The molecule has 4 rings (SSSR count). The highest BCUT2D eigenvalue weighted by Crippen LogP contribution is 2.29. The molecule has 1 aliphatic rings. The smallest absolute Gasteiger partial charge is 0.324 e. The fourth-order valence-corrected chi connectivity index (χ4v) is 3.81. The van der Waals surface area contributed by atoms with Gasteiger partial charge in [-0.05, 0) is 48.2 Å². The molecule has 1 N–H and O–H groups in total. The van der Waals surface area contributed by atoms with Gasteiger partial charge in [-0.3, -0.25) is 9.78 Å². The third-order valence-corrected chi connectivity index (χ3v) is 5.49. The molecular formula is C21H20BrN5O2. The molecule has 29 heavy (non-hydrogen) atoms. The van der Waals surface area contributed by atoms with Gasteiger partial charge in [-0.1, -0.05) is 28.1 Å². The molecule has 0 fully saturated rings. The van der Waals surface area contributed by atoms with Crippen molar-refractivity contribution in [1.29, 1.82) is 0 Å². The van der Waals surface area contributed by atoms with Crippen LogP contribution in [0.25, 0.3) is 0 Å². The SMILES string of the molecule is CN1C(=O)[C@H](NC(=O)n2cc(Cc3ccccn3)cn2)CCc2ccc(Br)cc21. The van der Waals surface area contributed by atoms with E-state index in [0.717, 1.165) is 27.0 Å². The number of halogens is 1. The van der Waals surface area contributed by atoms with Crippen LogP contribution in [0.2, 0.25) is 0 Å². The lowest BCUT2D eigenvalue weighted by atomic mass is 10.1. The van der Waals surface area contributed by atoms with Crippen LogP contribution >= 0.6 is 15.9 Å². The Morgan fingerprint density at radius 3 is 2.97 bits per heavy atom. The first kappa shape index (κ1) is 19.3. The molecule has 0 saturated heterocycles. The van der Waals surface area contributed by atoms with Crippen LogP contribution in [0.5, 0.6) is 0 Å². The number of hydrogen-bond acceptors (Lipinski definition) is 4. The number of amides is 2. The second-order valence-corrected chi connectivity index (χ2v) is 7.92. The maximum atomic E-state index is 12.9. The van der Waals surface area contributed by atoms with Crippen LogP contribution in [0.1, 0.15) is 23.2 Å². The van der Waals surface area contributed by atoms with Crippen LogP contribution in [-0.2, 0) is 17.6 Å². The summed E-state index contributed by atoms with van der Waals surface area (Å²) < 4.78 is 2.15. The largest absolute Gasteiger partial charge is 0.342 e. The zero-order valence-corrected chi connectivity index (χ0v) is 17.5. The minimum Gasteiger partial charge on any atom is -0.324 e. The van der Waals surface area contributed by atoms with E-state index in [1.165, 1.54) is 4.68 Å². The topological polar surface area (TPSA) is 80.1 Å². The molecule has 8 heteroatoms. The van der Waals surface area contributed by atoms with Crippen molar-refractivity contribution in [1.82, 2.24) is 20.1 Å². The maximum Gasteiger partial charge on any atom is 0.342 e. The highest BCUT2D eigenvalue weighted by atomic mass is 79.9. The molecule has 3 heterocycles. The number of nitrogens with one attached hydrogen (secondary N) is 1. The lowest BCUT2D eigenvalue weighted by Crippen LogP contribution is -2.48. The molecule has 2 amide bonds. The average Bonchev–Trinajstić information content (AvgIpc) is 3.16. The molecule has 1 atom stereocenters. The van der Waals surface area contributed by atoms with Gasteiger partial charge in [0.25, 0.3) is 0 Å². The number of rotatable bonds is 3. The van der Waals surface area contributed by atoms with E-state index in [4.69, 9.17) is 0 Å². The Balaban J connectivity index is 1.45. The number of aromatic nitrogens is 3. The van der Waals surface area contributed by atoms with Gasteiger partial charge < -0.3 is 10.2 Å². The van der Waals surface area contributed by atoms with Crippen molar-refractivity contribution in [3.63, 3.8) is 0 Å². The summed E-state index contributed by atoms with van der Waals surface area (Å²) in [7, 11) is 1.73. The number of benzene rings is 1. The quantitative estimate of drug-likeness (QED) is 0.660. The van der Waals surface area contributed by atoms with Gasteiger partial charge in [0.05, 0.1) is 6.20 Å². The van der Waals surface area contributed by atoms with Crippen LogP contribution in [0.3, 0.4) is 0 Å². The highest BCUT2D eigenvalue weighted by Gasteiger charge is 2.29. The molecule has 7 nitrogen and oxygen atoms in total. The van der Waals surface area contributed by atoms with E-state index in [1.54, 1.807) is 30.5 Å². The Labute approximate surface area is 176 Å². The molecule has 2 aromatic heterocycles. The summed E-state index contributed by atoms with van der Waals surface area (Å²) in [6.07, 6.45) is 6.86. The Kier molecular flexibility index (Phi) is 5.44. The standard InChI is InChI=1S/C21H20BrN5O2/c1-26-19-11-16(22)7-5-15(19)6-8-18(20(26)28)25-21(29)27-13-14(12-24-27)10-17-4-2-3-9-23-17/h2-5,7,9,11-13,18H,6,8,10H2,1H3,(H,25,29)/t18-/m1/s1. The van der Waals surface area contributed by atoms with Crippen LogP contribution in [0.4, 0.5) is 10.5 Å². The van der Waals surface area contributed by atoms with Gasteiger partial charge in [-0.2, -0.15) is 9.78 Å². The first-order valence-electron chi connectivity index (χ1n) is 9.31. The minimum absolute atomic E-state index is 0.143. The summed E-state index contributed by atoms with van der Waals surface area (Å²) in [5.41, 5.74) is 3.72. The molecule has 0 spiro atoms. The lowest BCUT2D eigenvalue weighted by Gasteiger charge is -2.22. The molecule has 3 aromatic rings. The van der Waals surface area contributed by atoms with Gasteiger partial charge >= 0.3 is 6.03 Å². The van der Waals surface area contributed by atoms with Crippen LogP contribution < -0.4 is 10.2 Å². The number of aryl methyl sites for hydroxylation is 1. The molecular weight excluding hydrogens is 434 g/mol. The predicted molar refractivity (Wildman–Crippen MR) is 113 cm³/mol. The second-order valence-electron chi connectivity index (χ2n) is 7.00. The van der Waals surface area contributed by atoms with E-state index in [1.807, 2.05) is 36.4 Å². The minimum atomic E-state index is -0.609. The first-order valence-corrected chi connectivity index (χ1v) is 10.1. The van der Waals surface area contributed by atoms with Crippen molar-refractivity contribution in [2.24, 2.45) is 0 Å². The molecule has 0 saturated carbocycles. The van der Waals surface area contributed by atoms with Crippen molar-refractivity contribution < 1.29 is 9.59 Å². The molecule has 0 radical (unpaired) electrons. The predicted octanol–water partition coefficient (Wildman–Crippen LogP) is 3.17. The molecule has 0 unspecified atom stereocenters. The highest BCUT2D eigenvalue weighted by molar-refractivity contribution is 9.10. The summed E-state index contributed by atoms with van der Waals surface area (Å²) in [5, 5.41) is 6.97. The zero-order valence-electron chi connectivity index (χ0n) is 15.9. The van der Waals surface area contributed by atoms with Gasteiger partial charge in [0.15, 0.2) is 0 Å². The number of fused-ring (bicyclic) bond motifs is 1. The Morgan fingerprint density at radius 1 is 1.31 bits per heavy atom. The summed E-state index contributed by atoms with van der Waals surface area (Å²) in [6.45, 7) is 0. The lowest BCUT2D eigenvalue weighted by molar-refractivity contribution is -0.120. The van der Waals surface area contributed by atoms with E-state index in [2.05, 4.69) is 31.3 Å². The number of likely N-dealkylation sites (N-methyl/N-ethyl adjacent to an activating group) is 1. The van der Waals surface area contributed by atoms with Gasteiger partial charge in [-0.25, -0.2) is 4.79 Å². The number of nitrogens with zero attached hydrogens (tertiary/aromatic N) is 4. The Hall–Kier alpha value is -3.00. The third kappa shape index (κ3) is 4.22. The fraction of sp³-hybridized carbons (Fsp3) is 0.238. The number of anilines is 1. The molecule has 148 valence electrons. The summed E-state index contributed by atoms with van der Waals surface area (Å²) >= 11 is 3.45. The Bertz CT molecular complexity index is 1050. The Morgan fingerprint density at radius 2 is 2.17 bits per heavy atom. The number of pyridine rings is 1. The van der Waals surface area contributed by atoms with E-state index in [-0.39, 0.29) is 5.91 Å². The monoisotopic (exact) mass is 453 g/mol. The van der Waals surface area contributed by atoms with Gasteiger partial charge in [-0.15, -0.1) is 0 Å². The average molecular weight is 454 g/mol. The molecule has 0 bridgehead atoms. The van der Waals surface area contributed by atoms with Gasteiger partial charge in [0.1, 0.15) is 6.04 Å². The van der Waals surface area contributed by atoms with Crippen molar-refractivity contribution in [2.75, 3.05) is 11.9 Å². The van der Waals surface area contributed by atoms with E-state index in [9.17, 15) is 9.59 Å². The van der Waals surface area contributed by atoms with E-state index >= 15 is 0 Å². The van der Waals surface area contributed by atoms with Crippen molar-refractivity contribution in [3.05, 3.63) is 76.3 Å². The van der Waals surface area contributed by atoms with Gasteiger partial charge in [0, 0.05) is 41.7 Å². The van der Waals surface area contributed by atoms with Crippen LogP contribution in [0.15, 0.2) is 59.5 Å². The van der Waals surface area contributed by atoms with E-state index < -0.39 is 12.1 Å². The second kappa shape index (κ2) is 8.16. The first-order chi connectivity index (χ1) is 14.0. The summed E-state index contributed by atoms with van der Waals surface area (Å²) in [6, 6.07) is 10.6. The zero-order chi connectivity index (χ0) is 20.4. The van der Waals surface area contributed by atoms with Crippen molar-refractivity contribution in [3.8, 4) is 0 Å². The number of carbonyl (C=O) groups excluding carboxylic acids is 2. The van der Waals surface area contributed by atoms with Crippen molar-refractivity contribution in [2.45, 2.75) is 25.3 Å². The van der Waals surface area contributed by atoms with E-state index in [0.29, 0.717) is 19.3 Å². The van der Waals surface area contributed by atoms with Crippen LogP contribution in [-0.4, -0.2) is 39.8 Å². The normalized spacial score (nSPS) is 16.3. The third-order valence-electron chi connectivity index (χ3n) is 4.99. The summed E-state index contributed by atoms with van der Waals surface area (Å²) in [5.74, 6) is -0.143. The fourth-order valence-electron chi connectivity index (χ4n) is 3.46. The number of carbonyl (C=O) groups is 2. The molecule has 1 aliphatic heterocycles. The summed E-state index contributed by atoms with van der Waals surface area (Å²) in [4.78, 5) is 31.4. The number of hydrogen-bond donors (Lipinski definition) is 1.